The van der Waals surface area contributed by atoms with Crippen LogP contribution in [-0.2, 0) is 26.3 Å². The summed E-state index contributed by atoms with van der Waals surface area (Å²) in [6.07, 6.45) is 6.70. The third-order valence-corrected chi connectivity index (χ3v) is 7.01. The first-order valence-electron chi connectivity index (χ1n) is 10.7. The SMILES string of the molecule is O=C1C[C@@](CC(=O)N2C[C@@H]3CC[C@@H]2C3)(c2ccccc2)C(=O)N1Cc1ccncc1. The topological polar surface area (TPSA) is 70.6 Å². The number of hydrogen-bond donors (Lipinski definition) is 0. The quantitative estimate of drug-likeness (QED) is 0.720. The minimum atomic E-state index is -1.12. The number of hydrogen-bond acceptors (Lipinski definition) is 4. The second-order valence-electron chi connectivity index (χ2n) is 8.82. The molecule has 3 heterocycles. The number of pyridine rings is 1. The zero-order valence-electron chi connectivity index (χ0n) is 16.9. The standard InChI is InChI=1S/C24H25N3O3/c28-21(26-16-18-6-7-20(26)12-18)13-24(19-4-2-1-3-5-19)14-22(29)27(23(24)30)15-17-8-10-25-11-9-17/h1-5,8-11,18,20H,6-7,12-16H2/t18-,20-,24+/m1/s1. The second-order valence-corrected chi connectivity index (χ2v) is 8.82. The summed E-state index contributed by atoms with van der Waals surface area (Å²) < 4.78 is 0. The van der Waals surface area contributed by atoms with Crippen LogP contribution >= 0.6 is 0 Å². The van der Waals surface area contributed by atoms with Gasteiger partial charge in [-0.25, -0.2) is 0 Å². The Bertz CT molecular complexity index is 978. The molecule has 6 heteroatoms. The van der Waals surface area contributed by atoms with E-state index in [2.05, 4.69) is 4.98 Å². The van der Waals surface area contributed by atoms with Crippen molar-refractivity contribution in [2.24, 2.45) is 5.92 Å². The second kappa shape index (κ2) is 7.35. The molecule has 0 N–H and O–H groups in total. The van der Waals surface area contributed by atoms with Gasteiger partial charge in [-0.1, -0.05) is 30.3 Å². The van der Waals surface area contributed by atoms with Crippen molar-refractivity contribution in [2.75, 3.05) is 6.54 Å². The molecule has 1 aromatic heterocycles. The number of carbonyl (C=O) groups excluding carboxylic acids is 3. The molecule has 3 atom stereocenters. The van der Waals surface area contributed by atoms with Gasteiger partial charge >= 0.3 is 0 Å². The molecule has 1 saturated carbocycles. The van der Waals surface area contributed by atoms with Gasteiger partial charge in [-0.2, -0.15) is 0 Å². The van der Waals surface area contributed by atoms with Crippen LogP contribution in [-0.4, -0.2) is 45.1 Å². The highest BCUT2D eigenvalue weighted by Gasteiger charge is 2.55. The lowest BCUT2D eigenvalue weighted by atomic mass is 9.75. The third kappa shape index (κ3) is 3.11. The van der Waals surface area contributed by atoms with Gasteiger partial charge in [0.2, 0.25) is 17.7 Å². The Labute approximate surface area is 175 Å². The molecule has 3 amide bonds. The van der Waals surface area contributed by atoms with Crippen molar-refractivity contribution in [1.82, 2.24) is 14.8 Å². The molecular weight excluding hydrogens is 378 g/mol. The lowest BCUT2D eigenvalue weighted by molar-refractivity contribution is -0.143. The van der Waals surface area contributed by atoms with Gasteiger partial charge in [-0.3, -0.25) is 24.3 Å². The molecule has 2 bridgehead atoms. The molecule has 2 aliphatic heterocycles. The van der Waals surface area contributed by atoms with Crippen LogP contribution in [0.1, 0.15) is 43.2 Å². The van der Waals surface area contributed by atoms with Gasteiger partial charge in [0, 0.05) is 37.8 Å². The Balaban J connectivity index is 1.46. The van der Waals surface area contributed by atoms with Crippen LogP contribution < -0.4 is 0 Å². The van der Waals surface area contributed by atoms with Crippen LogP contribution in [0.15, 0.2) is 54.9 Å². The molecule has 0 unspecified atom stereocenters. The minimum absolute atomic E-state index is 0.00189. The van der Waals surface area contributed by atoms with E-state index in [9.17, 15) is 14.4 Å². The van der Waals surface area contributed by atoms with Gasteiger partial charge < -0.3 is 4.90 Å². The van der Waals surface area contributed by atoms with Gasteiger partial charge in [0.05, 0.1) is 12.0 Å². The predicted octanol–water partition coefficient (Wildman–Crippen LogP) is 2.68. The Hall–Kier alpha value is -3.02. The molecule has 154 valence electrons. The van der Waals surface area contributed by atoms with E-state index < -0.39 is 5.41 Å². The Morgan fingerprint density at radius 2 is 1.83 bits per heavy atom. The van der Waals surface area contributed by atoms with Crippen LogP contribution in [0.5, 0.6) is 0 Å². The maximum absolute atomic E-state index is 13.7. The zero-order chi connectivity index (χ0) is 20.7. The monoisotopic (exact) mass is 403 g/mol. The van der Waals surface area contributed by atoms with Crippen LogP contribution in [0.2, 0.25) is 0 Å². The van der Waals surface area contributed by atoms with Gasteiger partial charge in [0.25, 0.3) is 0 Å². The summed E-state index contributed by atoms with van der Waals surface area (Å²) in [7, 11) is 0. The van der Waals surface area contributed by atoms with E-state index in [4.69, 9.17) is 0 Å². The van der Waals surface area contributed by atoms with E-state index in [1.54, 1.807) is 24.5 Å². The number of carbonyl (C=O) groups is 3. The zero-order valence-corrected chi connectivity index (χ0v) is 16.9. The molecule has 6 nitrogen and oxygen atoms in total. The summed E-state index contributed by atoms with van der Waals surface area (Å²) in [4.78, 5) is 47.2. The first kappa shape index (κ1) is 19.0. The lowest BCUT2D eigenvalue weighted by Crippen LogP contribution is -2.45. The van der Waals surface area contributed by atoms with Crippen molar-refractivity contribution in [1.29, 1.82) is 0 Å². The van der Waals surface area contributed by atoms with Crippen molar-refractivity contribution in [3.05, 3.63) is 66.0 Å². The van der Waals surface area contributed by atoms with Crippen LogP contribution in [0.4, 0.5) is 0 Å². The van der Waals surface area contributed by atoms with Gasteiger partial charge in [-0.05, 0) is 48.4 Å². The van der Waals surface area contributed by atoms with E-state index in [1.165, 1.54) is 11.3 Å². The van der Waals surface area contributed by atoms with Gasteiger partial charge in [0.1, 0.15) is 0 Å². The minimum Gasteiger partial charge on any atom is -0.339 e. The van der Waals surface area contributed by atoms with Crippen LogP contribution in [0.25, 0.3) is 0 Å². The number of imide groups is 1. The predicted molar refractivity (Wildman–Crippen MR) is 110 cm³/mol. The largest absolute Gasteiger partial charge is 0.339 e. The van der Waals surface area contributed by atoms with Gasteiger partial charge in [0.15, 0.2) is 0 Å². The highest BCUT2D eigenvalue weighted by molar-refractivity contribution is 6.10. The molecule has 5 rings (SSSR count). The molecule has 1 aromatic carbocycles. The average molecular weight is 403 g/mol. The summed E-state index contributed by atoms with van der Waals surface area (Å²) in [5, 5.41) is 0. The Morgan fingerprint density at radius 1 is 1.07 bits per heavy atom. The first-order valence-corrected chi connectivity index (χ1v) is 10.7. The highest BCUT2D eigenvalue weighted by atomic mass is 16.2. The van der Waals surface area contributed by atoms with E-state index in [-0.39, 0.29) is 37.1 Å². The van der Waals surface area contributed by atoms with Crippen molar-refractivity contribution in [3.8, 4) is 0 Å². The van der Waals surface area contributed by atoms with E-state index in [1.807, 2.05) is 35.2 Å². The van der Waals surface area contributed by atoms with E-state index in [0.29, 0.717) is 12.0 Å². The lowest BCUT2D eigenvalue weighted by Gasteiger charge is -2.32. The van der Waals surface area contributed by atoms with Crippen LogP contribution in [0.3, 0.4) is 0 Å². The Morgan fingerprint density at radius 3 is 2.50 bits per heavy atom. The summed E-state index contributed by atoms with van der Waals surface area (Å²) in [6, 6.07) is 13.2. The van der Waals surface area contributed by atoms with Crippen molar-refractivity contribution >= 4 is 17.7 Å². The molecule has 2 aromatic rings. The van der Waals surface area contributed by atoms with Crippen molar-refractivity contribution in [3.63, 3.8) is 0 Å². The maximum atomic E-state index is 13.7. The summed E-state index contributed by atoms with van der Waals surface area (Å²) in [5.74, 6) is 0.0957. The smallest absolute Gasteiger partial charge is 0.241 e. The number of piperidine rings is 1. The molecule has 2 saturated heterocycles. The first-order chi connectivity index (χ1) is 14.6. The average Bonchev–Trinajstić information content (AvgIpc) is 3.46. The van der Waals surface area contributed by atoms with Crippen LogP contribution in [0, 0.1) is 5.92 Å². The fourth-order valence-corrected chi connectivity index (χ4v) is 5.44. The third-order valence-electron chi connectivity index (χ3n) is 7.01. The fraction of sp³-hybridized carbons (Fsp3) is 0.417. The molecule has 0 radical (unpaired) electrons. The number of likely N-dealkylation sites (tertiary alicyclic amines) is 2. The van der Waals surface area contributed by atoms with Gasteiger partial charge in [-0.15, -0.1) is 0 Å². The molecule has 3 fully saturated rings. The molecule has 30 heavy (non-hydrogen) atoms. The normalized spacial score (nSPS) is 27.9. The number of aromatic nitrogens is 1. The van der Waals surface area contributed by atoms with E-state index >= 15 is 0 Å². The molecular formula is C24H25N3O3. The fourth-order valence-electron chi connectivity index (χ4n) is 5.44. The summed E-state index contributed by atoms with van der Waals surface area (Å²) in [5.41, 5.74) is 0.474. The number of rotatable bonds is 5. The summed E-state index contributed by atoms with van der Waals surface area (Å²) in [6.45, 7) is 0.995. The van der Waals surface area contributed by atoms with E-state index in [0.717, 1.165) is 30.5 Å². The van der Waals surface area contributed by atoms with Crippen molar-refractivity contribution < 1.29 is 14.4 Å². The highest BCUT2D eigenvalue weighted by Crippen LogP contribution is 2.43. The molecule has 3 aliphatic rings. The number of fused-ring (bicyclic) bond motifs is 2. The number of amides is 3. The maximum Gasteiger partial charge on any atom is 0.241 e. The molecule has 1 aliphatic carbocycles. The Kier molecular flexibility index (Phi) is 4.65. The number of nitrogens with zero attached hydrogens (tertiary/aromatic N) is 3. The molecule has 0 spiro atoms. The number of benzene rings is 1. The van der Waals surface area contributed by atoms with Crippen molar-refractivity contribution in [2.45, 2.75) is 50.1 Å². The summed E-state index contributed by atoms with van der Waals surface area (Å²) >= 11 is 0.